The Bertz CT molecular complexity index is 1040. The maximum Gasteiger partial charge on any atom is 0.274 e. The number of fused-ring (bicyclic) bond motifs is 3. The van der Waals surface area contributed by atoms with Crippen molar-refractivity contribution < 1.29 is 18.0 Å². The summed E-state index contributed by atoms with van der Waals surface area (Å²) in [6, 6.07) is 6.52. The van der Waals surface area contributed by atoms with Gasteiger partial charge in [0.05, 0.1) is 24.5 Å². The highest BCUT2D eigenvalue weighted by molar-refractivity contribution is 7.89. The molecule has 0 N–H and O–H groups in total. The lowest BCUT2D eigenvalue weighted by molar-refractivity contribution is -0.128. The summed E-state index contributed by atoms with van der Waals surface area (Å²) in [6.07, 6.45) is 2.26. The fraction of sp³-hybridized carbons (Fsp3) is 0.421. The molecule has 2 aromatic rings. The standard InChI is InChI=1S/C19H25N5O4S/c1-5-10-22(4)19(26)18-15-11-23(12-17(25)21(2)3)29(27,28)16-9-7-6-8-14(16)24(15)13-20-18/h6-9,13H,5,10-12H2,1-4H3. The van der Waals surface area contributed by atoms with Gasteiger partial charge in [0.15, 0.2) is 5.69 Å². The Labute approximate surface area is 170 Å². The maximum absolute atomic E-state index is 13.3. The second-order valence-electron chi connectivity index (χ2n) is 7.17. The van der Waals surface area contributed by atoms with Crippen LogP contribution in [0.15, 0.2) is 35.5 Å². The van der Waals surface area contributed by atoms with Gasteiger partial charge >= 0.3 is 0 Å². The van der Waals surface area contributed by atoms with E-state index in [9.17, 15) is 18.0 Å². The lowest BCUT2D eigenvalue weighted by Crippen LogP contribution is -2.40. The smallest absolute Gasteiger partial charge is 0.274 e. The molecule has 1 aromatic carbocycles. The van der Waals surface area contributed by atoms with Gasteiger partial charge in [-0.15, -0.1) is 0 Å². The molecule has 0 bridgehead atoms. The molecule has 10 heteroatoms. The Morgan fingerprint density at radius 1 is 1.17 bits per heavy atom. The normalized spacial score (nSPS) is 15.2. The second kappa shape index (κ2) is 7.96. The number of nitrogens with zero attached hydrogens (tertiary/aromatic N) is 5. The summed E-state index contributed by atoms with van der Waals surface area (Å²) >= 11 is 0. The van der Waals surface area contributed by atoms with Crippen LogP contribution in [0.1, 0.15) is 29.5 Å². The van der Waals surface area contributed by atoms with Gasteiger partial charge in [0.25, 0.3) is 5.91 Å². The Morgan fingerprint density at radius 3 is 2.52 bits per heavy atom. The quantitative estimate of drug-likeness (QED) is 0.719. The van der Waals surface area contributed by atoms with Gasteiger partial charge in [-0.2, -0.15) is 4.31 Å². The van der Waals surface area contributed by atoms with Crippen molar-refractivity contribution in [3.05, 3.63) is 42.0 Å². The number of carbonyl (C=O) groups is 2. The number of hydrogen-bond acceptors (Lipinski definition) is 5. The molecule has 0 fully saturated rings. The molecule has 3 rings (SSSR count). The van der Waals surface area contributed by atoms with E-state index in [0.717, 1.165) is 10.7 Å². The van der Waals surface area contributed by atoms with Gasteiger partial charge in [-0.3, -0.25) is 14.2 Å². The van der Waals surface area contributed by atoms with Gasteiger partial charge in [0, 0.05) is 27.7 Å². The Hall–Kier alpha value is -2.72. The van der Waals surface area contributed by atoms with E-state index in [1.807, 2.05) is 6.92 Å². The van der Waals surface area contributed by atoms with Crippen LogP contribution in [0.3, 0.4) is 0 Å². The number of amides is 2. The van der Waals surface area contributed by atoms with Crippen molar-refractivity contribution in [3.63, 3.8) is 0 Å². The largest absolute Gasteiger partial charge is 0.348 e. The minimum Gasteiger partial charge on any atom is -0.348 e. The van der Waals surface area contributed by atoms with Crippen LogP contribution in [-0.2, 0) is 21.4 Å². The second-order valence-corrected chi connectivity index (χ2v) is 9.07. The van der Waals surface area contributed by atoms with Crippen molar-refractivity contribution in [2.45, 2.75) is 24.8 Å². The van der Waals surface area contributed by atoms with Gasteiger partial charge in [0.1, 0.15) is 11.2 Å². The predicted molar refractivity (Wildman–Crippen MR) is 107 cm³/mol. The molecular formula is C19H25N5O4S. The summed E-state index contributed by atoms with van der Waals surface area (Å²) in [5.74, 6) is -0.633. The van der Waals surface area contributed by atoms with E-state index in [2.05, 4.69) is 4.98 Å². The highest BCUT2D eigenvalue weighted by atomic mass is 32.2. The first-order valence-electron chi connectivity index (χ1n) is 9.29. The van der Waals surface area contributed by atoms with E-state index in [4.69, 9.17) is 0 Å². The van der Waals surface area contributed by atoms with Crippen LogP contribution < -0.4 is 0 Å². The molecular weight excluding hydrogens is 394 g/mol. The molecule has 0 atom stereocenters. The minimum absolute atomic E-state index is 0.0728. The minimum atomic E-state index is -3.95. The van der Waals surface area contributed by atoms with Crippen molar-refractivity contribution >= 4 is 21.8 Å². The highest BCUT2D eigenvalue weighted by Crippen LogP contribution is 2.31. The Kier molecular flexibility index (Phi) is 5.76. The van der Waals surface area contributed by atoms with Gasteiger partial charge < -0.3 is 9.80 Å². The van der Waals surface area contributed by atoms with Crippen molar-refractivity contribution in [3.8, 4) is 5.69 Å². The summed E-state index contributed by atoms with van der Waals surface area (Å²) in [5, 5.41) is 0. The fourth-order valence-electron chi connectivity index (χ4n) is 3.23. The first-order chi connectivity index (χ1) is 13.7. The molecule has 9 nitrogen and oxygen atoms in total. The zero-order valence-corrected chi connectivity index (χ0v) is 17.8. The number of imidazole rings is 1. The summed E-state index contributed by atoms with van der Waals surface area (Å²) in [7, 11) is 0.879. The summed E-state index contributed by atoms with van der Waals surface area (Å²) < 4.78 is 29.3. The van der Waals surface area contributed by atoms with Crippen molar-refractivity contribution in [2.75, 3.05) is 34.2 Å². The number of carbonyl (C=O) groups excluding carboxylic acids is 2. The molecule has 1 aliphatic rings. The average Bonchev–Trinajstić information content (AvgIpc) is 3.06. The van der Waals surface area contributed by atoms with E-state index in [1.165, 1.54) is 17.3 Å². The van der Waals surface area contributed by atoms with Crippen LogP contribution in [0.5, 0.6) is 0 Å². The molecule has 0 radical (unpaired) electrons. The van der Waals surface area contributed by atoms with Crippen molar-refractivity contribution in [1.29, 1.82) is 0 Å². The summed E-state index contributed by atoms with van der Waals surface area (Å²) in [5.41, 5.74) is 1.04. The van der Waals surface area contributed by atoms with Crippen LogP contribution in [-0.4, -0.2) is 78.1 Å². The molecule has 2 heterocycles. The maximum atomic E-state index is 13.3. The average molecular weight is 420 g/mol. The lowest BCUT2D eigenvalue weighted by atomic mass is 10.2. The topological polar surface area (TPSA) is 95.8 Å². The van der Waals surface area contributed by atoms with E-state index < -0.39 is 10.0 Å². The van der Waals surface area contributed by atoms with Gasteiger partial charge in [-0.25, -0.2) is 13.4 Å². The Morgan fingerprint density at radius 2 is 1.86 bits per heavy atom. The van der Waals surface area contributed by atoms with Crippen LogP contribution in [0.4, 0.5) is 0 Å². The number of sulfonamides is 1. The third kappa shape index (κ3) is 3.77. The summed E-state index contributed by atoms with van der Waals surface area (Å²) in [4.78, 5) is 32.5. The van der Waals surface area contributed by atoms with Crippen LogP contribution in [0, 0.1) is 0 Å². The lowest BCUT2D eigenvalue weighted by Gasteiger charge is -2.22. The number of aromatic nitrogens is 2. The SMILES string of the molecule is CCCN(C)C(=O)c1ncn2c1CN(CC(=O)N(C)C)S(=O)(=O)c1ccccc1-2. The van der Waals surface area contributed by atoms with Crippen LogP contribution in [0.25, 0.3) is 5.69 Å². The molecule has 0 saturated heterocycles. The first-order valence-corrected chi connectivity index (χ1v) is 10.7. The van der Waals surface area contributed by atoms with E-state index in [0.29, 0.717) is 17.9 Å². The Balaban J connectivity index is 2.16. The molecule has 2 amide bonds. The number of likely N-dealkylation sites (N-methyl/N-ethyl adjacent to an activating group) is 1. The number of benzene rings is 1. The molecule has 0 saturated carbocycles. The number of hydrogen-bond donors (Lipinski definition) is 0. The molecule has 1 aromatic heterocycles. The van der Waals surface area contributed by atoms with Crippen molar-refractivity contribution in [1.82, 2.24) is 23.7 Å². The number of rotatable bonds is 5. The van der Waals surface area contributed by atoms with E-state index in [1.54, 1.807) is 48.8 Å². The molecule has 0 aliphatic carbocycles. The van der Waals surface area contributed by atoms with Crippen LogP contribution >= 0.6 is 0 Å². The zero-order chi connectivity index (χ0) is 21.3. The summed E-state index contributed by atoms with van der Waals surface area (Å²) in [6.45, 7) is 2.07. The molecule has 156 valence electrons. The zero-order valence-electron chi connectivity index (χ0n) is 17.0. The molecule has 29 heavy (non-hydrogen) atoms. The van der Waals surface area contributed by atoms with Crippen LogP contribution in [0.2, 0.25) is 0 Å². The van der Waals surface area contributed by atoms with E-state index >= 15 is 0 Å². The molecule has 1 aliphatic heterocycles. The molecule has 0 unspecified atom stereocenters. The van der Waals surface area contributed by atoms with Gasteiger partial charge in [-0.1, -0.05) is 19.1 Å². The van der Waals surface area contributed by atoms with E-state index in [-0.39, 0.29) is 35.5 Å². The number of para-hydroxylation sites is 1. The third-order valence-corrected chi connectivity index (χ3v) is 6.69. The third-order valence-electron chi connectivity index (χ3n) is 4.85. The highest BCUT2D eigenvalue weighted by Gasteiger charge is 2.36. The van der Waals surface area contributed by atoms with Crippen molar-refractivity contribution in [2.24, 2.45) is 0 Å². The van der Waals surface area contributed by atoms with Gasteiger partial charge in [-0.05, 0) is 18.6 Å². The van der Waals surface area contributed by atoms with Gasteiger partial charge in [0.2, 0.25) is 15.9 Å². The first kappa shape index (κ1) is 21.0. The predicted octanol–water partition coefficient (Wildman–Crippen LogP) is 0.947. The monoisotopic (exact) mass is 419 g/mol. The molecule has 0 spiro atoms. The fourth-order valence-corrected chi connectivity index (χ4v) is 4.76.